The second-order valence-electron chi connectivity index (χ2n) is 8.23. The van der Waals surface area contributed by atoms with Crippen LogP contribution in [-0.2, 0) is 18.0 Å². The Balaban J connectivity index is 1.77. The number of nitrogens with one attached hydrogen (secondary N) is 2. The van der Waals surface area contributed by atoms with Crippen molar-refractivity contribution in [2.45, 2.75) is 51.0 Å². The van der Waals surface area contributed by atoms with Crippen LogP contribution < -0.4 is 10.0 Å². The number of benzene rings is 1. The van der Waals surface area contributed by atoms with Gasteiger partial charge in [0.25, 0.3) is 5.91 Å². The smallest absolute Gasteiger partial charge is 0.331 e. The number of carbonyl (C=O) groups excluding carboxylic acids is 2. The molecule has 0 aliphatic carbocycles. The molecular weight excluding hydrogens is 421 g/mol. The zero-order valence-corrected chi connectivity index (χ0v) is 19.2. The molecule has 1 aromatic heterocycles. The zero-order valence-electron chi connectivity index (χ0n) is 18.4. The molecule has 1 fully saturated rings. The molecule has 1 unspecified atom stereocenters. The molecule has 2 heterocycles. The summed E-state index contributed by atoms with van der Waals surface area (Å²) in [5.41, 5.74) is 2.14. The summed E-state index contributed by atoms with van der Waals surface area (Å²) in [6.45, 7) is 9.01. The van der Waals surface area contributed by atoms with Crippen LogP contribution in [0.3, 0.4) is 0 Å². The summed E-state index contributed by atoms with van der Waals surface area (Å²) in [6.07, 6.45) is 0.963. The average Bonchev–Trinajstić information content (AvgIpc) is 3.02. The predicted octanol–water partition coefficient (Wildman–Crippen LogP) is 3.50. The highest BCUT2D eigenvalue weighted by Gasteiger charge is 2.26. The number of aromatic nitrogens is 2. The van der Waals surface area contributed by atoms with Gasteiger partial charge in [0.2, 0.25) is 0 Å². The van der Waals surface area contributed by atoms with Crippen molar-refractivity contribution in [1.29, 1.82) is 0 Å². The number of carbonyl (C=O) groups is 2. The number of likely N-dealkylation sites (tertiary alicyclic amines) is 1. The highest BCUT2D eigenvalue weighted by molar-refractivity contribution is 7.83. The Morgan fingerprint density at radius 3 is 2.16 bits per heavy atom. The highest BCUT2D eigenvalue weighted by atomic mass is 32.2. The monoisotopic (exact) mass is 449 g/mol. The van der Waals surface area contributed by atoms with Crippen LogP contribution in [0.1, 0.15) is 67.6 Å². The molecule has 1 aliphatic rings. The third kappa shape index (κ3) is 4.95. The third-order valence-corrected chi connectivity index (χ3v) is 6.19. The fourth-order valence-electron chi connectivity index (χ4n) is 3.39. The first-order valence-corrected chi connectivity index (χ1v) is 11.4. The summed E-state index contributed by atoms with van der Waals surface area (Å²) in [5.74, 6) is -0.599. The van der Waals surface area contributed by atoms with Crippen molar-refractivity contribution in [2.75, 3.05) is 18.4 Å². The Labute approximate surface area is 183 Å². The molecule has 3 rings (SSSR count). The first-order valence-electron chi connectivity index (χ1n) is 10.2. The van der Waals surface area contributed by atoms with Crippen molar-refractivity contribution in [3.05, 3.63) is 40.8 Å². The van der Waals surface area contributed by atoms with Gasteiger partial charge in [-0.2, -0.15) is 5.10 Å². The van der Waals surface area contributed by atoms with Crippen LogP contribution in [0.15, 0.2) is 23.2 Å². The molecular formula is C21H28FN5O3S. The molecule has 8 nitrogen and oxygen atoms in total. The van der Waals surface area contributed by atoms with Crippen LogP contribution in [0.2, 0.25) is 0 Å². The summed E-state index contributed by atoms with van der Waals surface area (Å²) in [4.78, 5) is 26.7. The van der Waals surface area contributed by atoms with Gasteiger partial charge in [0.15, 0.2) is 16.0 Å². The first-order chi connectivity index (χ1) is 14.6. The maximum Gasteiger partial charge on any atom is 0.331 e. The Hall–Kier alpha value is -2.75. The largest absolute Gasteiger partial charge is 0.337 e. The van der Waals surface area contributed by atoms with Gasteiger partial charge in [0.05, 0.1) is 0 Å². The fraction of sp³-hybridized carbons (Fsp3) is 0.476. The Bertz CT molecular complexity index is 1000. The third-order valence-electron chi connectivity index (χ3n) is 5.24. The van der Waals surface area contributed by atoms with Gasteiger partial charge in [-0.3, -0.25) is 14.2 Å². The number of urea groups is 1. The normalized spacial score (nSPS) is 14.5. The lowest BCUT2D eigenvalue weighted by Gasteiger charge is -2.30. The molecule has 0 radical (unpaired) electrons. The standard InChI is InChI=1S/C21H28FN5O3S/c1-12(2)15-9-14(22)10-16(13(3)4)19(15)23-21(29)25-31(30)18-11-17(26(5)24-18)20(28)27-7-6-8-27/h9-13H,6-8H2,1-5H3,(H2,23,25,29). The Kier molecular flexibility index (Phi) is 6.78. The van der Waals surface area contributed by atoms with E-state index in [0.717, 1.165) is 6.42 Å². The van der Waals surface area contributed by atoms with Crippen molar-refractivity contribution in [3.8, 4) is 0 Å². The van der Waals surface area contributed by atoms with Crippen molar-refractivity contribution in [3.63, 3.8) is 0 Å². The van der Waals surface area contributed by atoms with Gasteiger partial charge >= 0.3 is 6.03 Å². The van der Waals surface area contributed by atoms with Gasteiger partial charge in [-0.1, -0.05) is 27.7 Å². The van der Waals surface area contributed by atoms with Crippen molar-refractivity contribution >= 4 is 28.6 Å². The van der Waals surface area contributed by atoms with Gasteiger partial charge in [-0.05, 0) is 41.5 Å². The van der Waals surface area contributed by atoms with Crippen molar-refractivity contribution in [1.82, 2.24) is 19.4 Å². The maximum absolute atomic E-state index is 14.1. The number of hydrogen-bond donors (Lipinski definition) is 2. The van der Waals surface area contributed by atoms with E-state index in [-0.39, 0.29) is 28.6 Å². The lowest BCUT2D eigenvalue weighted by molar-refractivity contribution is 0.0640. The fourth-order valence-corrected chi connectivity index (χ4v) is 4.13. The predicted molar refractivity (Wildman–Crippen MR) is 117 cm³/mol. The van der Waals surface area contributed by atoms with E-state index in [1.165, 1.54) is 22.9 Å². The van der Waals surface area contributed by atoms with Gasteiger partial charge in [-0.25, -0.2) is 13.4 Å². The van der Waals surface area contributed by atoms with Gasteiger partial charge in [-0.15, -0.1) is 0 Å². The van der Waals surface area contributed by atoms with Crippen LogP contribution in [-0.4, -0.2) is 43.9 Å². The summed E-state index contributed by atoms with van der Waals surface area (Å²) in [7, 11) is -0.375. The first kappa shape index (κ1) is 22.9. The molecule has 10 heteroatoms. The molecule has 0 bridgehead atoms. The van der Waals surface area contributed by atoms with Crippen LogP contribution in [0.5, 0.6) is 0 Å². The van der Waals surface area contributed by atoms with E-state index in [2.05, 4.69) is 15.1 Å². The zero-order chi connectivity index (χ0) is 22.9. The van der Waals surface area contributed by atoms with Crippen LogP contribution in [0.4, 0.5) is 14.9 Å². The minimum absolute atomic E-state index is 0.0279. The molecule has 3 amide bonds. The van der Waals surface area contributed by atoms with Crippen LogP contribution >= 0.6 is 0 Å². The van der Waals surface area contributed by atoms with E-state index in [9.17, 15) is 18.2 Å². The summed E-state index contributed by atoms with van der Waals surface area (Å²) in [5, 5.41) is 6.92. The number of hydrogen-bond acceptors (Lipinski definition) is 4. The molecule has 2 N–H and O–H groups in total. The molecule has 1 atom stereocenters. The van der Waals surface area contributed by atoms with Crippen molar-refractivity contribution < 1.29 is 18.2 Å². The topological polar surface area (TPSA) is 96.3 Å². The number of nitrogens with zero attached hydrogens (tertiary/aromatic N) is 3. The minimum Gasteiger partial charge on any atom is -0.337 e. The van der Waals surface area contributed by atoms with E-state index >= 15 is 0 Å². The Morgan fingerprint density at radius 1 is 1.10 bits per heavy atom. The number of rotatable bonds is 6. The molecule has 168 valence electrons. The van der Waals surface area contributed by atoms with Gasteiger partial charge in [0, 0.05) is 31.9 Å². The highest BCUT2D eigenvalue weighted by Crippen LogP contribution is 2.33. The average molecular weight is 450 g/mol. The maximum atomic E-state index is 14.1. The lowest BCUT2D eigenvalue weighted by atomic mass is 9.92. The quantitative estimate of drug-likeness (QED) is 0.706. The van der Waals surface area contributed by atoms with Gasteiger partial charge in [0.1, 0.15) is 11.5 Å². The molecule has 0 saturated carbocycles. The number of halogens is 1. The van der Waals surface area contributed by atoms with Crippen molar-refractivity contribution in [2.24, 2.45) is 7.05 Å². The van der Waals surface area contributed by atoms with E-state index in [0.29, 0.717) is 35.6 Å². The van der Waals surface area contributed by atoms with E-state index in [1.807, 2.05) is 27.7 Å². The molecule has 31 heavy (non-hydrogen) atoms. The second kappa shape index (κ2) is 9.17. The molecule has 2 aromatic rings. The number of amides is 3. The molecule has 1 aromatic carbocycles. The lowest BCUT2D eigenvalue weighted by Crippen LogP contribution is -2.42. The molecule has 0 spiro atoms. The Morgan fingerprint density at radius 2 is 1.68 bits per heavy atom. The summed E-state index contributed by atoms with van der Waals surface area (Å²) in [6, 6.07) is 3.52. The molecule has 1 saturated heterocycles. The number of aryl methyl sites for hydroxylation is 1. The van der Waals surface area contributed by atoms with Crippen LogP contribution in [0.25, 0.3) is 0 Å². The molecule has 1 aliphatic heterocycles. The number of anilines is 1. The summed E-state index contributed by atoms with van der Waals surface area (Å²) < 4.78 is 30.4. The summed E-state index contributed by atoms with van der Waals surface area (Å²) >= 11 is 0. The second-order valence-corrected chi connectivity index (χ2v) is 9.39. The SMILES string of the molecule is CC(C)c1cc(F)cc(C(C)C)c1NC(=O)NS(=O)c1cc(C(=O)N2CCC2)n(C)n1. The van der Waals surface area contributed by atoms with E-state index in [1.54, 1.807) is 11.9 Å². The van der Waals surface area contributed by atoms with E-state index in [4.69, 9.17) is 0 Å². The van der Waals surface area contributed by atoms with Gasteiger partial charge < -0.3 is 10.2 Å². The van der Waals surface area contributed by atoms with E-state index < -0.39 is 17.0 Å². The minimum atomic E-state index is -1.97. The van der Waals surface area contributed by atoms with Crippen LogP contribution in [0, 0.1) is 5.82 Å².